The predicted molar refractivity (Wildman–Crippen MR) is 153 cm³/mol. The predicted octanol–water partition coefficient (Wildman–Crippen LogP) is 7.38. The first-order valence-electron chi connectivity index (χ1n) is 12.8. The molecule has 192 valence electrons. The van der Waals surface area contributed by atoms with Crippen LogP contribution in [0, 0.1) is 17.0 Å². The molecule has 2 N–H and O–H groups in total. The average molecular weight is 525 g/mol. The maximum atomic E-state index is 11.2. The van der Waals surface area contributed by atoms with Crippen LogP contribution in [-0.4, -0.2) is 26.3 Å². The second-order valence-corrected chi connectivity index (χ2v) is 10.9. The van der Waals surface area contributed by atoms with Crippen molar-refractivity contribution >= 4 is 34.4 Å². The van der Waals surface area contributed by atoms with Crippen molar-refractivity contribution in [2.24, 2.45) is 4.99 Å². The van der Waals surface area contributed by atoms with Crippen LogP contribution in [0.15, 0.2) is 94.0 Å². The van der Waals surface area contributed by atoms with Crippen molar-refractivity contribution in [1.29, 1.82) is 0 Å². The van der Waals surface area contributed by atoms with Gasteiger partial charge in [0.15, 0.2) is 5.17 Å². The molecular weight excluding hydrogens is 496 g/mol. The zero-order valence-corrected chi connectivity index (χ0v) is 21.8. The van der Waals surface area contributed by atoms with Gasteiger partial charge < -0.3 is 15.3 Å². The van der Waals surface area contributed by atoms with Crippen LogP contribution in [0.5, 0.6) is 5.75 Å². The first-order valence-corrected chi connectivity index (χ1v) is 13.6. The highest BCUT2D eigenvalue weighted by molar-refractivity contribution is 8.17. The van der Waals surface area contributed by atoms with E-state index in [4.69, 9.17) is 4.99 Å². The molecule has 3 aromatic rings. The van der Waals surface area contributed by atoms with Crippen LogP contribution >= 0.6 is 11.8 Å². The summed E-state index contributed by atoms with van der Waals surface area (Å²) in [5, 5.41) is 26.7. The number of aryl methyl sites for hydroxylation is 1. The minimum atomic E-state index is -0.390. The number of aliphatic imine (C=N–C) groups is 1. The van der Waals surface area contributed by atoms with Crippen LogP contribution in [0.2, 0.25) is 0 Å². The molecule has 0 aromatic heterocycles. The summed E-state index contributed by atoms with van der Waals surface area (Å²) in [6.45, 7) is 2.07. The summed E-state index contributed by atoms with van der Waals surface area (Å²) in [4.78, 5) is 19.3. The SMILES string of the molecule is Cc1ccc(/C=C2\SC3=NC4=C(CCCC4)C(c4ccccc4O)N3C2Nc2ccc([N+](=O)[O-])cc2)cc1. The molecule has 6 rings (SSSR count). The zero-order valence-electron chi connectivity index (χ0n) is 21.0. The van der Waals surface area contributed by atoms with Crippen LogP contribution < -0.4 is 5.32 Å². The monoisotopic (exact) mass is 524 g/mol. The molecule has 38 heavy (non-hydrogen) atoms. The van der Waals surface area contributed by atoms with E-state index in [1.807, 2.05) is 18.2 Å². The highest BCUT2D eigenvalue weighted by atomic mass is 32.2. The molecule has 0 bridgehead atoms. The molecule has 0 spiro atoms. The van der Waals surface area contributed by atoms with Gasteiger partial charge in [0, 0.05) is 34.0 Å². The number of nitro groups is 1. The number of allylic oxidation sites excluding steroid dienone is 1. The lowest BCUT2D eigenvalue weighted by Crippen LogP contribution is -2.44. The number of hydrogen-bond acceptors (Lipinski definition) is 7. The van der Waals surface area contributed by atoms with Crippen molar-refractivity contribution in [2.45, 2.75) is 44.8 Å². The van der Waals surface area contributed by atoms with E-state index < -0.39 is 4.92 Å². The number of nitro benzene ring substituents is 1. The number of anilines is 1. The molecule has 2 unspecified atom stereocenters. The Bertz CT molecular complexity index is 1480. The van der Waals surface area contributed by atoms with Gasteiger partial charge in [0.2, 0.25) is 0 Å². The molecule has 0 amide bonds. The maximum absolute atomic E-state index is 11.2. The molecule has 2 aliphatic heterocycles. The van der Waals surface area contributed by atoms with Gasteiger partial charge in [-0.2, -0.15) is 0 Å². The highest BCUT2D eigenvalue weighted by Crippen LogP contribution is 2.51. The molecule has 1 fully saturated rings. The third-order valence-electron chi connectivity index (χ3n) is 7.30. The number of non-ortho nitro benzene ring substituents is 1. The minimum Gasteiger partial charge on any atom is -0.508 e. The molecule has 2 heterocycles. The Kier molecular flexibility index (Phi) is 6.41. The number of aromatic hydroxyl groups is 1. The number of rotatable bonds is 5. The van der Waals surface area contributed by atoms with Gasteiger partial charge >= 0.3 is 0 Å². The number of thioether (sulfide) groups is 1. The van der Waals surface area contributed by atoms with E-state index in [1.165, 1.54) is 23.3 Å². The molecule has 3 aromatic carbocycles. The van der Waals surface area contributed by atoms with Gasteiger partial charge in [0.25, 0.3) is 5.69 Å². The van der Waals surface area contributed by atoms with E-state index in [0.717, 1.165) is 58.3 Å². The van der Waals surface area contributed by atoms with E-state index in [9.17, 15) is 15.2 Å². The van der Waals surface area contributed by atoms with E-state index >= 15 is 0 Å². The Labute approximate surface area is 225 Å². The number of phenols is 1. The van der Waals surface area contributed by atoms with Crippen LogP contribution in [0.1, 0.15) is 48.4 Å². The summed E-state index contributed by atoms with van der Waals surface area (Å²) in [6, 6.07) is 22.3. The molecule has 8 heteroatoms. The lowest BCUT2D eigenvalue weighted by Gasteiger charge is -2.41. The van der Waals surface area contributed by atoms with Gasteiger partial charge in [-0.3, -0.25) is 10.1 Å². The van der Waals surface area contributed by atoms with E-state index in [2.05, 4.69) is 47.5 Å². The van der Waals surface area contributed by atoms with Gasteiger partial charge in [0.1, 0.15) is 11.9 Å². The van der Waals surface area contributed by atoms with E-state index in [-0.39, 0.29) is 23.6 Å². The third-order valence-corrected chi connectivity index (χ3v) is 8.36. The summed E-state index contributed by atoms with van der Waals surface area (Å²) >= 11 is 1.64. The number of nitrogens with one attached hydrogen (secondary N) is 1. The van der Waals surface area contributed by atoms with Crippen LogP contribution in [-0.2, 0) is 0 Å². The molecule has 2 atom stereocenters. The average Bonchev–Trinajstić information content (AvgIpc) is 3.25. The maximum Gasteiger partial charge on any atom is 0.269 e. The highest BCUT2D eigenvalue weighted by Gasteiger charge is 2.45. The molecule has 7 nitrogen and oxygen atoms in total. The first kappa shape index (κ1) is 24.3. The van der Waals surface area contributed by atoms with Crippen molar-refractivity contribution in [2.75, 3.05) is 5.32 Å². The number of phenolic OH excluding ortho intramolecular Hbond substituents is 1. The number of nitrogens with zero attached hydrogens (tertiary/aromatic N) is 3. The van der Waals surface area contributed by atoms with E-state index in [1.54, 1.807) is 30.0 Å². The van der Waals surface area contributed by atoms with E-state index in [0.29, 0.717) is 0 Å². The zero-order chi connectivity index (χ0) is 26.2. The molecule has 3 aliphatic rings. The Morgan fingerprint density at radius 3 is 2.53 bits per heavy atom. The minimum absolute atomic E-state index is 0.0519. The molecule has 1 saturated heterocycles. The van der Waals surface area contributed by atoms with Gasteiger partial charge in [-0.25, -0.2) is 4.99 Å². The van der Waals surface area contributed by atoms with Gasteiger partial charge in [-0.1, -0.05) is 59.8 Å². The molecule has 0 saturated carbocycles. The first-order chi connectivity index (χ1) is 18.5. The Hall–Kier alpha value is -4.04. The standard InChI is InChI=1S/C30H28N4O3S/c1-19-10-12-20(13-11-19)18-27-29(31-21-14-16-22(17-15-21)34(36)37)33-28(24-7-3-5-9-26(24)35)23-6-2-4-8-25(23)32-30(33)38-27/h3,5,7,9-18,28-29,31,35H,2,4,6,8H2,1H3/b27-18-. The fraction of sp³-hybridized carbons (Fsp3) is 0.233. The summed E-state index contributed by atoms with van der Waals surface area (Å²) in [6.07, 6.45) is 5.99. The lowest BCUT2D eigenvalue weighted by molar-refractivity contribution is -0.384. The Morgan fingerprint density at radius 1 is 1.05 bits per heavy atom. The van der Waals surface area contributed by atoms with Gasteiger partial charge in [0.05, 0.1) is 11.0 Å². The second-order valence-electron chi connectivity index (χ2n) is 9.85. The van der Waals surface area contributed by atoms with Crippen molar-refractivity contribution in [3.63, 3.8) is 0 Å². The summed E-state index contributed by atoms with van der Waals surface area (Å²) in [5.41, 5.74) is 6.37. The van der Waals surface area contributed by atoms with Crippen molar-refractivity contribution < 1.29 is 10.0 Å². The fourth-order valence-corrected chi connectivity index (χ4v) is 6.55. The third kappa shape index (κ3) is 4.56. The van der Waals surface area contributed by atoms with Crippen LogP contribution in [0.25, 0.3) is 6.08 Å². The largest absolute Gasteiger partial charge is 0.508 e. The number of fused-ring (bicyclic) bond motifs is 1. The summed E-state index contributed by atoms with van der Waals surface area (Å²) in [5.74, 6) is 0.270. The van der Waals surface area contributed by atoms with Crippen LogP contribution in [0.3, 0.4) is 0 Å². The van der Waals surface area contributed by atoms with Crippen molar-refractivity contribution in [3.05, 3.63) is 116 Å². The number of amidine groups is 1. The second kappa shape index (κ2) is 10.0. The van der Waals surface area contributed by atoms with Crippen LogP contribution in [0.4, 0.5) is 11.4 Å². The normalized spacial score (nSPS) is 21.7. The molecular formula is C30H28N4O3S. The van der Waals surface area contributed by atoms with Gasteiger partial charge in [-0.15, -0.1) is 0 Å². The molecule has 1 aliphatic carbocycles. The van der Waals surface area contributed by atoms with Gasteiger partial charge in [-0.05, 0) is 68.0 Å². The summed E-state index contributed by atoms with van der Waals surface area (Å²) < 4.78 is 0. The quantitative estimate of drug-likeness (QED) is 0.267. The lowest BCUT2D eigenvalue weighted by atomic mass is 9.85. The van der Waals surface area contributed by atoms with Crippen molar-refractivity contribution in [3.8, 4) is 5.75 Å². The smallest absolute Gasteiger partial charge is 0.269 e. The Balaban J connectivity index is 1.47. The Morgan fingerprint density at radius 2 is 1.79 bits per heavy atom. The fourth-order valence-electron chi connectivity index (χ4n) is 5.39. The number of benzene rings is 3. The number of hydrogen-bond donors (Lipinski definition) is 2. The molecule has 0 radical (unpaired) electrons. The number of para-hydroxylation sites is 1. The summed E-state index contributed by atoms with van der Waals surface area (Å²) in [7, 11) is 0. The topological polar surface area (TPSA) is 91.0 Å². The van der Waals surface area contributed by atoms with Crippen molar-refractivity contribution in [1.82, 2.24) is 4.90 Å².